The predicted molar refractivity (Wildman–Crippen MR) is 146 cm³/mol. The minimum absolute atomic E-state index is 0. The van der Waals surface area contributed by atoms with Gasteiger partial charge < -0.3 is 24.8 Å². The van der Waals surface area contributed by atoms with Gasteiger partial charge in [-0.3, -0.25) is 0 Å². The number of halogens is 2. The van der Waals surface area contributed by atoms with Crippen molar-refractivity contribution >= 4 is 27.0 Å². The van der Waals surface area contributed by atoms with E-state index in [2.05, 4.69) is 102 Å². The number of aryl methyl sites for hydroxylation is 2. The summed E-state index contributed by atoms with van der Waals surface area (Å²) in [5.74, 6) is 1.23. The molecule has 1 fully saturated rings. The third-order valence-electron chi connectivity index (χ3n) is 6.56. The van der Waals surface area contributed by atoms with Crippen LogP contribution >= 0.6 is 0 Å². The molecule has 35 heavy (non-hydrogen) atoms. The third kappa shape index (κ3) is 9.29. The zero-order chi connectivity index (χ0) is 24.0. The van der Waals surface area contributed by atoms with Crippen molar-refractivity contribution in [2.45, 2.75) is 84.7 Å². The molecule has 0 unspecified atom stereocenters. The van der Waals surface area contributed by atoms with Gasteiger partial charge in [0.05, 0.1) is 0 Å². The Balaban J connectivity index is 0.000000266. The molecule has 4 aromatic rings. The third-order valence-corrected chi connectivity index (χ3v) is 13.9. The van der Waals surface area contributed by atoms with Gasteiger partial charge in [0.2, 0.25) is 0 Å². The first-order valence-corrected chi connectivity index (χ1v) is 19.9. The van der Waals surface area contributed by atoms with Crippen molar-refractivity contribution in [3.05, 3.63) is 82.9 Å². The van der Waals surface area contributed by atoms with Gasteiger partial charge >= 0.3 is 59.8 Å². The number of benzene rings is 2. The van der Waals surface area contributed by atoms with Gasteiger partial charge in [-0.2, -0.15) is 12.1 Å². The molecule has 0 saturated carbocycles. The Morgan fingerprint density at radius 1 is 0.686 bits per heavy atom. The molecule has 4 aromatic carbocycles. The molecule has 4 heteroatoms. The molecule has 1 heterocycles. The summed E-state index contributed by atoms with van der Waals surface area (Å²) < 4.78 is 0. The molecule has 1 aliphatic heterocycles. The van der Waals surface area contributed by atoms with Crippen molar-refractivity contribution < 1.29 is 47.8 Å². The Morgan fingerprint density at radius 2 is 1.09 bits per heavy atom. The molecule has 0 bridgehead atoms. The predicted octanol–water partition coefficient (Wildman–Crippen LogP) is 3.70. The molecule has 188 valence electrons. The molecule has 0 aliphatic carbocycles. The average molecular weight is 690 g/mol. The second-order valence-corrected chi connectivity index (χ2v) is 20.1. The van der Waals surface area contributed by atoms with E-state index in [0.717, 1.165) is 0 Å². The van der Waals surface area contributed by atoms with E-state index in [1.807, 2.05) is 0 Å². The van der Waals surface area contributed by atoms with Crippen LogP contribution in [0.4, 0.5) is 0 Å². The van der Waals surface area contributed by atoms with Crippen LogP contribution in [-0.4, -0.2) is 5.49 Å². The topological polar surface area (TPSA) is 0 Å². The second-order valence-electron chi connectivity index (χ2n) is 10.2. The Bertz CT molecular complexity index is 1110. The van der Waals surface area contributed by atoms with Crippen LogP contribution in [0.5, 0.6) is 0 Å². The number of fused-ring (bicyclic) bond motifs is 2. The molecule has 0 nitrogen and oxygen atoms in total. The van der Waals surface area contributed by atoms with E-state index in [0.29, 0.717) is 17.3 Å². The Morgan fingerprint density at radius 3 is 1.40 bits per heavy atom. The van der Waals surface area contributed by atoms with Gasteiger partial charge in [0.1, 0.15) is 0 Å². The van der Waals surface area contributed by atoms with E-state index < -0.39 is 0 Å². The summed E-state index contributed by atoms with van der Waals surface area (Å²) in [6, 6.07) is 25.5. The summed E-state index contributed by atoms with van der Waals surface area (Å²) in [6.07, 6.45) is 4.67. The van der Waals surface area contributed by atoms with Crippen molar-refractivity contribution in [3.63, 3.8) is 0 Å². The van der Waals surface area contributed by atoms with Crippen molar-refractivity contribution in [1.29, 1.82) is 0 Å². The summed E-state index contributed by atoms with van der Waals surface area (Å²) >= 11 is 1.55. The average Bonchev–Trinajstić information content (AvgIpc) is 3.35. The van der Waals surface area contributed by atoms with Crippen molar-refractivity contribution in [2.24, 2.45) is 0 Å². The molecule has 5 rings (SSSR count). The number of rotatable bonds is 2. The molecule has 0 atom stereocenters. The van der Waals surface area contributed by atoms with Gasteiger partial charge in [-0.1, -0.05) is 64.8 Å². The summed E-state index contributed by atoms with van der Waals surface area (Å²) in [5, 5.41) is 5.61. The summed E-state index contributed by atoms with van der Waals surface area (Å²) in [4.78, 5) is 0. The molecule has 0 N–H and O–H groups in total. The first-order valence-electron chi connectivity index (χ1n) is 12.6. The quantitative estimate of drug-likeness (QED) is 0.223. The summed E-state index contributed by atoms with van der Waals surface area (Å²) in [5.41, 5.74) is 6.00. The van der Waals surface area contributed by atoms with Gasteiger partial charge in [-0.25, -0.2) is 0 Å². The van der Waals surface area contributed by atoms with Crippen LogP contribution in [0.15, 0.2) is 60.7 Å². The second kappa shape index (κ2) is 15.5. The van der Waals surface area contributed by atoms with Crippen LogP contribution in [0.3, 0.4) is 0 Å². The normalized spacial score (nSPS) is 13.0. The Labute approximate surface area is 241 Å². The van der Waals surface area contributed by atoms with Crippen LogP contribution in [0.2, 0.25) is 12.1 Å². The van der Waals surface area contributed by atoms with Crippen molar-refractivity contribution in [2.75, 3.05) is 0 Å². The van der Waals surface area contributed by atoms with Gasteiger partial charge in [0.25, 0.3) is 0 Å². The van der Waals surface area contributed by atoms with E-state index in [-0.39, 0.29) is 24.8 Å². The van der Waals surface area contributed by atoms with Crippen LogP contribution < -0.4 is 24.8 Å². The summed E-state index contributed by atoms with van der Waals surface area (Å²) in [6.45, 7) is 13.3. The zero-order valence-corrected chi connectivity index (χ0v) is 28.3. The van der Waals surface area contributed by atoms with Crippen LogP contribution in [-0.2, 0) is 23.0 Å². The molecule has 0 amide bonds. The first-order chi connectivity index (χ1) is 15.8. The Kier molecular flexibility index (Phi) is 14.4. The Hall–Kier alpha value is -0.673. The maximum absolute atomic E-state index is 2.28. The standard InChI is InChI=1S/2C13H15.C5H10Si.2ClH.Hf/c2*1-9(2)12-6-4-5-11-7-10(3)8-13(11)12;1-2-4-6-5-3-1;;;/h2*4-9H,1-3H3;1-5H2;2*1H;/q2*-1;;;;+2/p-2. The fraction of sp³-hybridized carbons (Fsp3) is 0.419. The van der Waals surface area contributed by atoms with E-state index in [9.17, 15) is 0 Å². The number of hydrogen-bond acceptors (Lipinski definition) is 0. The van der Waals surface area contributed by atoms with Crippen LogP contribution in [0, 0.1) is 13.8 Å². The van der Waals surface area contributed by atoms with Gasteiger partial charge in [0.15, 0.2) is 0 Å². The van der Waals surface area contributed by atoms with Crippen molar-refractivity contribution in [1.82, 2.24) is 0 Å². The maximum atomic E-state index is 2.28. The molecule has 1 aliphatic rings. The minimum atomic E-state index is 0. The van der Waals surface area contributed by atoms with Gasteiger partial charge in [-0.15, -0.1) is 69.1 Å². The van der Waals surface area contributed by atoms with Crippen LogP contribution in [0.25, 0.3) is 21.5 Å². The van der Waals surface area contributed by atoms with Gasteiger partial charge in [-0.05, 0) is 11.8 Å². The van der Waals surface area contributed by atoms with E-state index in [4.69, 9.17) is 0 Å². The van der Waals surface area contributed by atoms with E-state index in [1.165, 1.54) is 50.2 Å². The first kappa shape index (κ1) is 32.4. The fourth-order valence-corrected chi connectivity index (χ4v) is 10.2. The molecule has 0 spiro atoms. The van der Waals surface area contributed by atoms with E-state index >= 15 is 0 Å². The molecule has 1 saturated heterocycles. The monoisotopic (exact) mass is 690 g/mol. The fourth-order valence-electron chi connectivity index (χ4n) is 4.80. The SMILES string of the molecule is Cc1cc2c(C(C)C)cccc2[cH-]1.Cc1cc2c(C(C)C)cccc2[cH-]1.[Cl-].[Cl-].[Hf+2]=[Si]1CCCCC1. The molecular weight excluding hydrogens is 650 g/mol. The molecule has 0 radical (unpaired) electrons. The zero-order valence-electron chi connectivity index (χ0n) is 22.2. The van der Waals surface area contributed by atoms with E-state index in [1.54, 1.807) is 47.9 Å². The number of hydrogen-bond donors (Lipinski definition) is 0. The van der Waals surface area contributed by atoms with Crippen molar-refractivity contribution in [3.8, 4) is 0 Å². The molecule has 0 aromatic heterocycles. The molecular formula is C31H40Cl2HfSi-2. The summed E-state index contributed by atoms with van der Waals surface area (Å²) in [7, 11) is 0. The van der Waals surface area contributed by atoms with Crippen LogP contribution in [0.1, 0.15) is 81.0 Å². The van der Waals surface area contributed by atoms with Gasteiger partial charge in [0, 0.05) is 0 Å².